The minimum Gasteiger partial charge on any atom is -0.496 e. The molecule has 0 bridgehead atoms. The lowest BCUT2D eigenvalue weighted by Crippen LogP contribution is -1.92. The first-order valence-corrected chi connectivity index (χ1v) is 4.71. The molecule has 80 valence electrons. The van der Waals surface area contributed by atoms with Gasteiger partial charge in [0.15, 0.2) is 0 Å². The van der Waals surface area contributed by atoms with Crippen molar-refractivity contribution < 1.29 is 9.47 Å². The molecule has 0 aliphatic carbocycles. The fourth-order valence-electron chi connectivity index (χ4n) is 1.57. The fourth-order valence-corrected chi connectivity index (χ4v) is 1.57. The van der Waals surface area contributed by atoms with Gasteiger partial charge in [-0.2, -0.15) is 5.26 Å². The monoisotopic (exact) mass is 214 g/mol. The summed E-state index contributed by atoms with van der Waals surface area (Å²) in [6, 6.07) is 7.38. The van der Waals surface area contributed by atoms with E-state index in [4.69, 9.17) is 14.7 Å². The van der Waals surface area contributed by atoms with Gasteiger partial charge in [0.1, 0.15) is 23.1 Å². The molecule has 4 heteroatoms. The highest BCUT2D eigenvalue weighted by Gasteiger charge is 2.08. The first-order chi connectivity index (χ1) is 7.80. The van der Waals surface area contributed by atoms with Gasteiger partial charge in [0, 0.05) is 11.6 Å². The lowest BCUT2D eigenvalue weighted by molar-refractivity contribution is 0.410. The Morgan fingerprint density at radius 1 is 1.19 bits per heavy atom. The van der Waals surface area contributed by atoms with Gasteiger partial charge in [-0.1, -0.05) is 0 Å². The van der Waals surface area contributed by atoms with Gasteiger partial charge in [-0.25, -0.2) is 0 Å². The Morgan fingerprint density at radius 2 is 1.88 bits per heavy atom. The maximum atomic E-state index is 8.83. The van der Waals surface area contributed by atoms with Crippen LogP contribution in [0.3, 0.4) is 0 Å². The SMILES string of the molecule is COc1ccc(OC)c2ncc(C#N)cc12. The van der Waals surface area contributed by atoms with E-state index in [1.54, 1.807) is 32.4 Å². The van der Waals surface area contributed by atoms with Crippen molar-refractivity contribution in [1.82, 2.24) is 4.98 Å². The summed E-state index contributed by atoms with van der Waals surface area (Å²) < 4.78 is 10.4. The summed E-state index contributed by atoms with van der Waals surface area (Å²) >= 11 is 0. The van der Waals surface area contributed by atoms with Crippen molar-refractivity contribution in [2.45, 2.75) is 0 Å². The Balaban J connectivity index is 2.80. The van der Waals surface area contributed by atoms with E-state index in [2.05, 4.69) is 4.98 Å². The number of methoxy groups -OCH3 is 2. The molecule has 2 rings (SSSR count). The molecule has 0 amide bonds. The van der Waals surface area contributed by atoms with Crippen molar-refractivity contribution in [3.8, 4) is 17.6 Å². The lowest BCUT2D eigenvalue weighted by atomic mass is 10.1. The zero-order chi connectivity index (χ0) is 11.5. The summed E-state index contributed by atoms with van der Waals surface area (Å²) in [6.07, 6.45) is 1.52. The van der Waals surface area contributed by atoms with Crippen LogP contribution >= 0.6 is 0 Å². The molecule has 0 radical (unpaired) electrons. The third-order valence-electron chi connectivity index (χ3n) is 2.34. The largest absolute Gasteiger partial charge is 0.496 e. The standard InChI is InChI=1S/C12H10N2O2/c1-15-10-3-4-11(16-2)12-9(10)5-8(6-13)7-14-12/h3-5,7H,1-2H3. The molecule has 1 heterocycles. The third-order valence-corrected chi connectivity index (χ3v) is 2.34. The molecule has 4 nitrogen and oxygen atoms in total. The average Bonchev–Trinajstić information content (AvgIpc) is 2.36. The number of hydrogen-bond donors (Lipinski definition) is 0. The molecule has 0 spiro atoms. The molecule has 2 aromatic rings. The Hall–Kier alpha value is -2.28. The van der Waals surface area contributed by atoms with Crippen LogP contribution in [0.4, 0.5) is 0 Å². The summed E-state index contributed by atoms with van der Waals surface area (Å²) in [5.74, 6) is 1.35. The molecule has 0 saturated carbocycles. The molecule has 1 aromatic carbocycles. The van der Waals surface area contributed by atoms with Gasteiger partial charge >= 0.3 is 0 Å². The smallest absolute Gasteiger partial charge is 0.145 e. The van der Waals surface area contributed by atoms with Crippen molar-refractivity contribution in [3.63, 3.8) is 0 Å². The van der Waals surface area contributed by atoms with Crippen LogP contribution in [-0.4, -0.2) is 19.2 Å². The molecule has 0 saturated heterocycles. The fraction of sp³-hybridized carbons (Fsp3) is 0.167. The molecule has 16 heavy (non-hydrogen) atoms. The second-order valence-corrected chi connectivity index (χ2v) is 3.20. The summed E-state index contributed by atoms with van der Waals surface area (Å²) in [5, 5.41) is 9.60. The maximum absolute atomic E-state index is 8.83. The number of nitriles is 1. The molecular formula is C12H10N2O2. The van der Waals surface area contributed by atoms with E-state index in [0.29, 0.717) is 22.6 Å². The predicted octanol–water partition coefficient (Wildman–Crippen LogP) is 2.12. The Morgan fingerprint density at radius 3 is 2.50 bits per heavy atom. The van der Waals surface area contributed by atoms with Crippen molar-refractivity contribution in [3.05, 3.63) is 30.0 Å². The van der Waals surface area contributed by atoms with E-state index in [0.717, 1.165) is 5.39 Å². The average molecular weight is 214 g/mol. The van der Waals surface area contributed by atoms with Gasteiger partial charge in [0.25, 0.3) is 0 Å². The number of rotatable bonds is 2. The van der Waals surface area contributed by atoms with Crippen LogP contribution in [0.1, 0.15) is 5.56 Å². The van der Waals surface area contributed by atoms with Crippen LogP contribution in [0.15, 0.2) is 24.4 Å². The van der Waals surface area contributed by atoms with Gasteiger partial charge < -0.3 is 9.47 Å². The molecule has 0 fully saturated rings. The lowest BCUT2D eigenvalue weighted by Gasteiger charge is -2.08. The Bertz CT molecular complexity index is 573. The van der Waals surface area contributed by atoms with Crippen LogP contribution in [0.5, 0.6) is 11.5 Å². The second-order valence-electron chi connectivity index (χ2n) is 3.20. The minimum atomic E-state index is 0.499. The van der Waals surface area contributed by atoms with Gasteiger partial charge in [-0.05, 0) is 18.2 Å². The highest BCUT2D eigenvalue weighted by atomic mass is 16.5. The van der Waals surface area contributed by atoms with E-state index < -0.39 is 0 Å². The topological polar surface area (TPSA) is 55.1 Å². The first kappa shape index (κ1) is 10.2. The predicted molar refractivity (Wildman–Crippen MR) is 59.6 cm³/mol. The quantitative estimate of drug-likeness (QED) is 0.768. The van der Waals surface area contributed by atoms with E-state index in [1.165, 1.54) is 6.20 Å². The van der Waals surface area contributed by atoms with Gasteiger partial charge in [0.2, 0.25) is 0 Å². The van der Waals surface area contributed by atoms with E-state index >= 15 is 0 Å². The van der Waals surface area contributed by atoms with Crippen molar-refractivity contribution in [2.24, 2.45) is 0 Å². The Kier molecular flexibility index (Phi) is 2.61. The normalized spacial score (nSPS) is 9.81. The van der Waals surface area contributed by atoms with Gasteiger partial charge in [0.05, 0.1) is 19.8 Å². The van der Waals surface area contributed by atoms with E-state index in [-0.39, 0.29) is 0 Å². The zero-order valence-corrected chi connectivity index (χ0v) is 9.02. The zero-order valence-electron chi connectivity index (χ0n) is 9.02. The molecule has 0 atom stereocenters. The van der Waals surface area contributed by atoms with Gasteiger partial charge in [-0.15, -0.1) is 0 Å². The minimum absolute atomic E-state index is 0.499. The number of pyridine rings is 1. The number of hydrogen-bond acceptors (Lipinski definition) is 4. The molecule has 0 aliphatic heterocycles. The number of fused-ring (bicyclic) bond motifs is 1. The first-order valence-electron chi connectivity index (χ1n) is 4.71. The number of benzene rings is 1. The molecule has 0 aliphatic rings. The van der Waals surface area contributed by atoms with E-state index in [1.807, 2.05) is 6.07 Å². The second kappa shape index (κ2) is 4.07. The van der Waals surface area contributed by atoms with Crippen LogP contribution in [0.25, 0.3) is 10.9 Å². The van der Waals surface area contributed by atoms with E-state index in [9.17, 15) is 0 Å². The maximum Gasteiger partial charge on any atom is 0.145 e. The summed E-state index contributed by atoms with van der Waals surface area (Å²) in [4.78, 5) is 4.20. The number of ether oxygens (including phenoxy) is 2. The summed E-state index contributed by atoms with van der Waals surface area (Å²) in [6.45, 7) is 0. The number of aromatic nitrogens is 1. The van der Waals surface area contributed by atoms with Crippen molar-refractivity contribution in [1.29, 1.82) is 5.26 Å². The van der Waals surface area contributed by atoms with Crippen LogP contribution < -0.4 is 9.47 Å². The van der Waals surface area contributed by atoms with Crippen molar-refractivity contribution >= 4 is 10.9 Å². The molecular weight excluding hydrogens is 204 g/mol. The molecule has 0 unspecified atom stereocenters. The van der Waals surface area contributed by atoms with Crippen LogP contribution in [-0.2, 0) is 0 Å². The number of nitrogens with zero attached hydrogens (tertiary/aromatic N) is 2. The van der Waals surface area contributed by atoms with Gasteiger partial charge in [-0.3, -0.25) is 4.98 Å². The Labute approximate surface area is 93.0 Å². The molecule has 0 N–H and O–H groups in total. The summed E-state index contributed by atoms with van der Waals surface area (Å²) in [7, 11) is 3.17. The van der Waals surface area contributed by atoms with Crippen LogP contribution in [0.2, 0.25) is 0 Å². The van der Waals surface area contributed by atoms with Crippen LogP contribution in [0, 0.1) is 11.3 Å². The van der Waals surface area contributed by atoms with Crippen molar-refractivity contribution in [2.75, 3.05) is 14.2 Å². The third kappa shape index (κ3) is 1.52. The molecule has 1 aromatic heterocycles. The highest BCUT2D eigenvalue weighted by molar-refractivity contribution is 5.90. The summed E-state index contributed by atoms with van der Waals surface area (Å²) in [5.41, 5.74) is 1.19. The highest BCUT2D eigenvalue weighted by Crippen LogP contribution is 2.31.